The number of rotatable bonds is 5. The Morgan fingerprint density at radius 3 is 2.67 bits per heavy atom. The molecule has 1 fully saturated rings. The van der Waals surface area contributed by atoms with Gasteiger partial charge in [-0.05, 0) is 42.3 Å². The minimum Gasteiger partial charge on any atom is -0.494 e. The smallest absolute Gasteiger partial charge is 0.254 e. The highest BCUT2D eigenvalue weighted by molar-refractivity contribution is 7.10. The van der Waals surface area contributed by atoms with Crippen molar-refractivity contribution in [2.24, 2.45) is 5.92 Å². The van der Waals surface area contributed by atoms with E-state index in [2.05, 4.69) is 5.32 Å². The van der Waals surface area contributed by atoms with Gasteiger partial charge in [0.25, 0.3) is 5.91 Å². The number of benzene rings is 1. The molecule has 24 heavy (non-hydrogen) atoms. The first kappa shape index (κ1) is 16.9. The summed E-state index contributed by atoms with van der Waals surface area (Å²) in [6.07, 6.45) is 0.773. The zero-order valence-electron chi connectivity index (χ0n) is 13.0. The maximum atomic E-state index is 14.1. The number of carbonyl (C=O) groups is 1. The largest absolute Gasteiger partial charge is 0.494 e. The molecule has 1 aliphatic carbocycles. The fraction of sp³-hybridized carbons (Fsp3) is 0.353. The molecule has 128 valence electrons. The van der Waals surface area contributed by atoms with Crippen molar-refractivity contribution in [3.63, 3.8) is 0 Å². The van der Waals surface area contributed by atoms with Gasteiger partial charge >= 0.3 is 0 Å². The van der Waals surface area contributed by atoms with Crippen LogP contribution in [0, 0.1) is 17.6 Å². The summed E-state index contributed by atoms with van der Waals surface area (Å²) in [6.45, 7) is 0. The number of methoxy groups -OCH3 is 1. The molecule has 0 unspecified atom stereocenters. The van der Waals surface area contributed by atoms with E-state index in [-0.39, 0.29) is 29.4 Å². The van der Waals surface area contributed by atoms with Crippen molar-refractivity contribution in [1.82, 2.24) is 5.32 Å². The Morgan fingerprint density at radius 2 is 2.08 bits per heavy atom. The van der Waals surface area contributed by atoms with Gasteiger partial charge in [-0.2, -0.15) is 4.39 Å². The number of halogens is 2. The quantitative estimate of drug-likeness (QED) is 0.867. The summed E-state index contributed by atoms with van der Waals surface area (Å²) >= 11 is 1.48. The summed E-state index contributed by atoms with van der Waals surface area (Å²) in [5, 5.41) is 14.2. The minimum absolute atomic E-state index is 0.0776. The summed E-state index contributed by atoms with van der Waals surface area (Å²) in [6, 6.07) is 5.84. The first-order valence-electron chi connectivity index (χ1n) is 7.55. The third-order valence-electron chi connectivity index (χ3n) is 4.27. The van der Waals surface area contributed by atoms with Gasteiger partial charge in [0.15, 0.2) is 11.6 Å². The van der Waals surface area contributed by atoms with E-state index in [1.807, 2.05) is 17.5 Å². The van der Waals surface area contributed by atoms with Crippen molar-refractivity contribution < 1.29 is 23.4 Å². The first-order chi connectivity index (χ1) is 11.5. The number of ether oxygens (including phenoxy) is 1. The summed E-state index contributed by atoms with van der Waals surface area (Å²) in [7, 11) is 1.23. The van der Waals surface area contributed by atoms with E-state index >= 15 is 0 Å². The molecule has 1 atom stereocenters. The molecule has 0 aliphatic heterocycles. The molecule has 1 amide bonds. The second-order valence-electron chi connectivity index (χ2n) is 5.80. The lowest BCUT2D eigenvalue weighted by Crippen LogP contribution is -2.41. The average molecular weight is 353 g/mol. The molecule has 4 nitrogen and oxygen atoms in total. The zero-order valence-corrected chi connectivity index (χ0v) is 13.8. The molecule has 3 rings (SSSR count). The third kappa shape index (κ3) is 3.14. The fourth-order valence-electron chi connectivity index (χ4n) is 2.88. The van der Waals surface area contributed by atoms with Gasteiger partial charge in [-0.3, -0.25) is 4.79 Å². The van der Waals surface area contributed by atoms with Crippen LogP contribution in [0.1, 0.15) is 34.1 Å². The standard InChI is InChI=1S/C17H17F2NO3S/c1-23-12-5-4-11(14(18)15(12)19)17(22)20-16(9-7-10(21)8-9)13-3-2-6-24-13/h2-6,9-10,16,21H,7-8H2,1H3,(H,20,22)/t9?,10?,16-/m0/s1. The second kappa shape index (κ2) is 6.86. The summed E-state index contributed by atoms with van der Waals surface area (Å²) in [4.78, 5) is 13.4. The minimum atomic E-state index is -1.23. The van der Waals surface area contributed by atoms with E-state index < -0.39 is 17.5 Å². The van der Waals surface area contributed by atoms with Gasteiger partial charge < -0.3 is 15.2 Å². The number of aliphatic hydroxyl groups excluding tert-OH is 1. The number of amides is 1. The van der Waals surface area contributed by atoms with Gasteiger partial charge in [0.2, 0.25) is 5.82 Å². The number of thiophene rings is 1. The first-order valence-corrected chi connectivity index (χ1v) is 8.43. The van der Waals surface area contributed by atoms with Crippen molar-refractivity contribution in [3.05, 3.63) is 51.7 Å². The van der Waals surface area contributed by atoms with Gasteiger partial charge in [0.1, 0.15) is 0 Å². The number of hydrogen-bond acceptors (Lipinski definition) is 4. The topological polar surface area (TPSA) is 58.6 Å². The van der Waals surface area contributed by atoms with Crippen molar-refractivity contribution in [2.45, 2.75) is 25.0 Å². The highest BCUT2D eigenvalue weighted by Gasteiger charge is 2.36. The summed E-state index contributed by atoms with van der Waals surface area (Å²) in [5.74, 6) is -3.27. The monoisotopic (exact) mass is 353 g/mol. The van der Waals surface area contributed by atoms with E-state index in [0.717, 1.165) is 4.88 Å². The van der Waals surface area contributed by atoms with Crippen molar-refractivity contribution in [2.75, 3.05) is 7.11 Å². The lowest BCUT2D eigenvalue weighted by atomic mass is 9.76. The second-order valence-corrected chi connectivity index (χ2v) is 6.77. The molecular formula is C17H17F2NO3S. The van der Waals surface area contributed by atoms with Gasteiger partial charge in [-0.1, -0.05) is 6.07 Å². The number of aliphatic hydroxyl groups is 1. The molecule has 0 bridgehead atoms. The van der Waals surface area contributed by atoms with Crippen LogP contribution < -0.4 is 10.1 Å². The van der Waals surface area contributed by atoms with Crippen LogP contribution in [0.4, 0.5) is 8.78 Å². The highest BCUT2D eigenvalue weighted by atomic mass is 32.1. The van der Waals surface area contributed by atoms with Crippen LogP contribution in [0.3, 0.4) is 0 Å². The van der Waals surface area contributed by atoms with E-state index in [0.29, 0.717) is 12.8 Å². The normalized spacial score (nSPS) is 21.0. The van der Waals surface area contributed by atoms with Crippen molar-refractivity contribution >= 4 is 17.2 Å². The van der Waals surface area contributed by atoms with Crippen LogP contribution in [0.5, 0.6) is 5.75 Å². The Bertz CT molecular complexity index is 730. The van der Waals surface area contributed by atoms with E-state index in [4.69, 9.17) is 4.74 Å². The Morgan fingerprint density at radius 1 is 1.33 bits per heavy atom. The SMILES string of the molecule is COc1ccc(C(=O)N[C@H](c2cccs2)C2CC(O)C2)c(F)c1F. The highest BCUT2D eigenvalue weighted by Crippen LogP contribution is 2.39. The van der Waals surface area contributed by atoms with Crippen LogP contribution in [0.15, 0.2) is 29.6 Å². The van der Waals surface area contributed by atoms with Crippen LogP contribution in [-0.4, -0.2) is 24.2 Å². The maximum absolute atomic E-state index is 14.1. The molecule has 7 heteroatoms. The lowest BCUT2D eigenvalue weighted by molar-refractivity contribution is 0.0240. The maximum Gasteiger partial charge on any atom is 0.254 e. The van der Waals surface area contributed by atoms with E-state index in [9.17, 15) is 18.7 Å². The Balaban J connectivity index is 1.83. The molecular weight excluding hydrogens is 336 g/mol. The Hall–Kier alpha value is -1.99. The van der Waals surface area contributed by atoms with Crippen LogP contribution in [0.2, 0.25) is 0 Å². The molecule has 2 N–H and O–H groups in total. The van der Waals surface area contributed by atoms with Gasteiger partial charge in [0.05, 0.1) is 24.8 Å². The Labute approximate surface area is 142 Å². The predicted molar refractivity (Wildman–Crippen MR) is 86.2 cm³/mol. The molecule has 1 aliphatic rings. The third-order valence-corrected chi connectivity index (χ3v) is 5.22. The molecule has 0 saturated heterocycles. The number of carbonyl (C=O) groups excluding carboxylic acids is 1. The fourth-order valence-corrected chi connectivity index (χ4v) is 3.74. The van der Waals surface area contributed by atoms with Gasteiger partial charge in [0, 0.05) is 4.88 Å². The predicted octanol–water partition coefficient (Wildman–Crippen LogP) is 3.28. The number of hydrogen-bond donors (Lipinski definition) is 2. The number of nitrogens with one attached hydrogen (secondary N) is 1. The lowest BCUT2D eigenvalue weighted by Gasteiger charge is -2.37. The van der Waals surface area contributed by atoms with Gasteiger partial charge in [-0.15, -0.1) is 11.3 Å². The summed E-state index contributed by atoms with van der Waals surface area (Å²) < 4.78 is 32.6. The molecule has 1 aromatic heterocycles. The van der Waals surface area contributed by atoms with Crippen molar-refractivity contribution in [1.29, 1.82) is 0 Å². The van der Waals surface area contributed by atoms with E-state index in [1.54, 1.807) is 0 Å². The zero-order chi connectivity index (χ0) is 17.3. The molecule has 1 heterocycles. The van der Waals surface area contributed by atoms with Crippen LogP contribution >= 0.6 is 11.3 Å². The van der Waals surface area contributed by atoms with E-state index in [1.165, 1.54) is 30.6 Å². The Kier molecular flexibility index (Phi) is 4.82. The molecule has 0 radical (unpaired) electrons. The van der Waals surface area contributed by atoms with Gasteiger partial charge in [-0.25, -0.2) is 4.39 Å². The van der Waals surface area contributed by atoms with Crippen LogP contribution in [-0.2, 0) is 0 Å². The molecule has 1 saturated carbocycles. The van der Waals surface area contributed by atoms with Crippen molar-refractivity contribution in [3.8, 4) is 5.75 Å². The summed E-state index contributed by atoms with van der Waals surface area (Å²) in [5.41, 5.74) is -0.366. The van der Waals surface area contributed by atoms with Crippen LogP contribution in [0.25, 0.3) is 0 Å². The molecule has 0 spiro atoms. The average Bonchev–Trinajstić information content (AvgIpc) is 3.06. The molecule has 2 aromatic rings. The molecule has 1 aromatic carbocycles.